The van der Waals surface area contributed by atoms with Crippen LogP contribution in [-0.4, -0.2) is 39.8 Å². The summed E-state index contributed by atoms with van der Waals surface area (Å²) in [6, 6.07) is 1.29. The fourth-order valence-corrected chi connectivity index (χ4v) is 2.42. The summed E-state index contributed by atoms with van der Waals surface area (Å²) in [5.74, 6) is -0.246. The molecule has 0 aliphatic carbocycles. The van der Waals surface area contributed by atoms with E-state index in [1.807, 2.05) is 6.92 Å². The molecule has 7 nitrogen and oxygen atoms in total. The number of nitrogens with zero attached hydrogens (tertiary/aromatic N) is 3. The molecule has 2 unspecified atom stereocenters. The second kappa shape index (κ2) is 5.72. The first-order valence-electron chi connectivity index (χ1n) is 6.25. The van der Waals surface area contributed by atoms with Crippen molar-refractivity contribution in [2.45, 2.75) is 19.4 Å². The first-order chi connectivity index (χ1) is 9.40. The van der Waals surface area contributed by atoms with Crippen molar-refractivity contribution in [3.8, 4) is 0 Å². The van der Waals surface area contributed by atoms with Gasteiger partial charge < -0.3 is 10.6 Å². The molecule has 0 bridgehead atoms. The van der Waals surface area contributed by atoms with Crippen LogP contribution < -0.4 is 5.73 Å². The second-order valence-electron chi connectivity index (χ2n) is 4.96. The average Bonchev–Trinajstić information content (AvgIpc) is 2.40. The summed E-state index contributed by atoms with van der Waals surface area (Å²) in [5, 5.41) is 11.0. The number of carbonyl (C=O) groups excluding carboxylic acids is 1. The molecule has 1 saturated heterocycles. The lowest BCUT2D eigenvalue weighted by molar-refractivity contribution is -0.385. The number of rotatable bonds is 2. The zero-order valence-corrected chi connectivity index (χ0v) is 11.7. The number of amides is 1. The van der Waals surface area contributed by atoms with Crippen molar-refractivity contribution in [1.82, 2.24) is 9.88 Å². The normalized spacial score (nSPS) is 22.6. The number of halogens is 1. The summed E-state index contributed by atoms with van der Waals surface area (Å²) in [6.45, 7) is 2.93. The smallest absolute Gasteiger partial charge is 0.300 e. The zero-order chi connectivity index (χ0) is 14.9. The minimum Gasteiger partial charge on any atom is -0.338 e. The molecule has 20 heavy (non-hydrogen) atoms. The number of likely N-dealkylation sites (tertiary alicyclic amines) is 1. The summed E-state index contributed by atoms with van der Waals surface area (Å²) >= 11 is 5.73. The topological polar surface area (TPSA) is 102 Å². The lowest BCUT2D eigenvalue weighted by Crippen LogP contribution is -2.48. The highest BCUT2D eigenvalue weighted by atomic mass is 35.5. The quantitative estimate of drug-likeness (QED) is 0.506. The van der Waals surface area contributed by atoms with Gasteiger partial charge >= 0.3 is 0 Å². The van der Waals surface area contributed by atoms with E-state index in [-0.39, 0.29) is 28.4 Å². The van der Waals surface area contributed by atoms with Crippen LogP contribution in [0.25, 0.3) is 0 Å². The highest BCUT2D eigenvalue weighted by Crippen LogP contribution is 2.24. The highest BCUT2D eigenvalue weighted by Gasteiger charge is 2.30. The summed E-state index contributed by atoms with van der Waals surface area (Å²) in [7, 11) is 0. The van der Waals surface area contributed by atoms with Crippen molar-refractivity contribution in [3.63, 3.8) is 0 Å². The third kappa shape index (κ3) is 2.88. The summed E-state index contributed by atoms with van der Waals surface area (Å²) in [6.07, 6.45) is 1.69. The van der Waals surface area contributed by atoms with Gasteiger partial charge in [-0.05, 0) is 18.4 Å². The number of piperidine rings is 1. The van der Waals surface area contributed by atoms with E-state index in [9.17, 15) is 14.9 Å². The molecule has 1 aromatic rings. The van der Waals surface area contributed by atoms with E-state index >= 15 is 0 Å². The van der Waals surface area contributed by atoms with E-state index in [4.69, 9.17) is 17.3 Å². The molecule has 1 aliphatic heterocycles. The van der Waals surface area contributed by atoms with E-state index in [1.54, 1.807) is 4.90 Å². The van der Waals surface area contributed by atoms with Crippen LogP contribution in [0.5, 0.6) is 0 Å². The third-order valence-electron chi connectivity index (χ3n) is 3.54. The Morgan fingerprint density at radius 2 is 2.35 bits per heavy atom. The molecule has 0 spiro atoms. The first kappa shape index (κ1) is 14.7. The van der Waals surface area contributed by atoms with E-state index < -0.39 is 10.8 Å². The van der Waals surface area contributed by atoms with Gasteiger partial charge in [-0.3, -0.25) is 14.9 Å². The molecule has 108 valence electrons. The second-order valence-corrected chi connectivity index (χ2v) is 5.35. The molecule has 1 fully saturated rings. The fourth-order valence-electron chi connectivity index (χ4n) is 2.26. The van der Waals surface area contributed by atoms with Gasteiger partial charge in [0.05, 0.1) is 4.92 Å². The van der Waals surface area contributed by atoms with Gasteiger partial charge in [0.15, 0.2) is 0 Å². The molecule has 8 heteroatoms. The van der Waals surface area contributed by atoms with Crippen molar-refractivity contribution >= 4 is 23.2 Å². The van der Waals surface area contributed by atoms with E-state index in [0.29, 0.717) is 19.5 Å². The van der Waals surface area contributed by atoms with Crippen molar-refractivity contribution in [1.29, 1.82) is 0 Å². The van der Waals surface area contributed by atoms with Crippen LogP contribution >= 0.6 is 11.6 Å². The van der Waals surface area contributed by atoms with Gasteiger partial charge in [-0.1, -0.05) is 18.5 Å². The molecule has 1 aliphatic rings. The molecule has 0 saturated carbocycles. The monoisotopic (exact) mass is 298 g/mol. The number of nitro groups is 1. The molecular weight excluding hydrogens is 284 g/mol. The minimum atomic E-state index is -0.629. The lowest BCUT2D eigenvalue weighted by atomic mass is 9.94. The van der Waals surface area contributed by atoms with Gasteiger partial charge in [-0.15, -0.1) is 0 Å². The van der Waals surface area contributed by atoms with Gasteiger partial charge in [0, 0.05) is 19.1 Å². The molecular formula is C12H15ClN4O3. The van der Waals surface area contributed by atoms with Crippen molar-refractivity contribution in [3.05, 3.63) is 33.1 Å². The number of aromatic nitrogens is 1. The van der Waals surface area contributed by atoms with Gasteiger partial charge in [0.1, 0.15) is 16.9 Å². The van der Waals surface area contributed by atoms with E-state index in [1.165, 1.54) is 6.07 Å². The standard InChI is InChI=1S/C12H15ClN4O3/c1-7-6-16(3-2-9(7)14)12(18)8-4-11(13)15-5-10(8)17(19)20/h4-5,7,9H,2-3,6,14H2,1H3. The molecule has 2 heterocycles. The average molecular weight is 299 g/mol. The molecule has 1 aromatic heterocycles. The maximum atomic E-state index is 12.4. The zero-order valence-electron chi connectivity index (χ0n) is 11.0. The summed E-state index contributed by atoms with van der Waals surface area (Å²) in [5.41, 5.74) is 5.54. The van der Waals surface area contributed by atoms with E-state index in [2.05, 4.69) is 4.98 Å². The Kier molecular flexibility index (Phi) is 4.20. The van der Waals surface area contributed by atoms with Gasteiger partial charge in [-0.25, -0.2) is 4.98 Å². The maximum absolute atomic E-state index is 12.4. The molecule has 0 radical (unpaired) electrons. The molecule has 0 aromatic carbocycles. The van der Waals surface area contributed by atoms with Gasteiger partial charge in [0.2, 0.25) is 0 Å². The highest BCUT2D eigenvalue weighted by molar-refractivity contribution is 6.29. The number of carbonyl (C=O) groups is 1. The number of nitrogens with two attached hydrogens (primary N) is 1. The predicted molar refractivity (Wildman–Crippen MR) is 73.6 cm³/mol. The summed E-state index contributed by atoms with van der Waals surface area (Å²) in [4.78, 5) is 28.0. The molecule has 1 amide bonds. The Bertz CT molecular complexity index is 552. The molecule has 2 N–H and O–H groups in total. The third-order valence-corrected chi connectivity index (χ3v) is 3.74. The number of hydrogen-bond donors (Lipinski definition) is 1. The SMILES string of the molecule is CC1CN(C(=O)c2cc(Cl)ncc2[N+](=O)[O-])CCC1N. The van der Waals surface area contributed by atoms with Gasteiger partial charge in [0.25, 0.3) is 11.6 Å². The van der Waals surface area contributed by atoms with Crippen LogP contribution in [0, 0.1) is 16.0 Å². The minimum absolute atomic E-state index is 0.0299. The molecule has 2 atom stereocenters. The maximum Gasteiger partial charge on any atom is 0.300 e. The number of hydrogen-bond acceptors (Lipinski definition) is 5. The fraction of sp³-hybridized carbons (Fsp3) is 0.500. The largest absolute Gasteiger partial charge is 0.338 e. The van der Waals surface area contributed by atoms with Crippen molar-refractivity contribution in [2.24, 2.45) is 11.7 Å². The van der Waals surface area contributed by atoms with Crippen LogP contribution in [0.15, 0.2) is 12.3 Å². The predicted octanol–water partition coefficient (Wildman–Crippen LogP) is 1.45. The van der Waals surface area contributed by atoms with E-state index in [0.717, 1.165) is 6.20 Å². The Morgan fingerprint density at radius 3 is 2.95 bits per heavy atom. The Labute approximate surface area is 120 Å². The first-order valence-corrected chi connectivity index (χ1v) is 6.62. The Balaban J connectivity index is 2.29. The lowest BCUT2D eigenvalue weighted by Gasteiger charge is -2.35. The molecule has 2 rings (SSSR count). The Hall–Kier alpha value is -1.73. The van der Waals surface area contributed by atoms with Crippen molar-refractivity contribution in [2.75, 3.05) is 13.1 Å². The van der Waals surface area contributed by atoms with Crippen LogP contribution in [0.2, 0.25) is 5.15 Å². The van der Waals surface area contributed by atoms with Crippen LogP contribution in [0.4, 0.5) is 5.69 Å². The Morgan fingerprint density at radius 1 is 1.65 bits per heavy atom. The van der Waals surface area contributed by atoms with Crippen LogP contribution in [0.1, 0.15) is 23.7 Å². The van der Waals surface area contributed by atoms with Gasteiger partial charge in [-0.2, -0.15) is 0 Å². The van der Waals surface area contributed by atoms with Crippen LogP contribution in [-0.2, 0) is 0 Å². The summed E-state index contributed by atoms with van der Waals surface area (Å²) < 4.78 is 0. The number of pyridine rings is 1. The van der Waals surface area contributed by atoms with Crippen LogP contribution in [0.3, 0.4) is 0 Å². The van der Waals surface area contributed by atoms with Crippen molar-refractivity contribution < 1.29 is 9.72 Å².